The lowest BCUT2D eigenvalue weighted by atomic mass is 10.1. The van der Waals surface area contributed by atoms with Crippen molar-refractivity contribution in [2.24, 2.45) is 0 Å². The van der Waals surface area contributed by atoms with E-state index in [1.54, 1.807) is 12.1 Å². The number of hydrogen-bond donors (Lipinski definition) is 1. The average molecular weight is 375 g/mol. The molecule has 0 bridgehead atoms. The number of carbonyl (C=O) groups excluding carboxylic acids is 2. The van der Waals surface area contributed by atoms with Gasteiger partial charge in [-0.05, 0) is 49.6 Å². The second-order valence-electron chi connectivity index (χ2n) is 5.94. The molecule has 0 aliphatic heterocycles. The molecule has 0 fully saturated rings. The lowest BCUT2D eigenvalue weighted by Crippen LogP contribution is -2.30. The van der Waals surface area contributed by atoms with E-state index in [9.17, 15) is 14.0 Å². The maximum atomic E-state index is 12.8. The monoisotopic (exact) mass is 375 g/mol. The van der Waals surface area contributed by atoms with E-state index in [2.05, 4.69) is 11.4 Å². The van der Waals surface area contributed by atoms with E-state index >= 15 is 0 Å². The Hall–Kier alpha value is -2.34. The molecule has 138 valence electrons. The van der Waals surface area contributed by atoms with Crippen molar-refractivity contribution in [3.63, 3.8) is 0 Å². The smallest absolute Gasteiger partial charge is 0.316 e. The van der Waals surface area contributed by atoms with Crippen molar-refractivity contribution < 1.29 is 18.7 Å². The molecule has 0 unspecified atom stereocenters. The van der Waals surface area contributed by atoms with Crippen LogP contribution in [-0.2, 0) is 20.7 Å². The van der Waals surface area contributed by atoms with Crippen LogP contribution in [-0.4, -0.2) is 30.8 Å². The number of rotatable bonds is 8. The van der Waals surface area contributed by atoms with Gasteiger partial charge in [0, 0.05) is 11.4 Å². The molecule has 0 aliphatic carbocycles. The molecule has 2 aromatic carbocycles. The van der Waals surface area contributed by atoms with Crippen molar-refractivity contribution in [1.82, 2.24) is 5.32 Å². The molecule has 1 amide bonds. The zero-order chi connectivity index (χ0) is 18.9. The number of esters is 1. The van der Waals surface area contributed by atoms with Gasteiger partial charge in [0.25, 0.3) is 5.91 Å². The van der Waals surface area contributed by atoms with Crippen molar-refractivity contribution in [1.29, 1.82) is 0 Å². The van der Waals surface area contributed by atoms with Crippen LogP contribution in [0.15, 0.2) is 47.4 Å². The molecule has 0 atom stereocenters. The zero-order valence-corrected chi connectivity index (χ0v) is 15.7. The Morgan fingerprint density at radius 2 is 1.85 bits per heavy atom. The van der Waals surface area contributed by atoms with Crippen molar-refractivity contribution in [2.45, 2.75) is 25.2 Å². The first-order valence-corrected chi connectivity index (χ1v) is 9.29. The van der Waals surface area contributed by atoms with Gasteiger partial charge in [0.05, 0.1) is 5.75 Å². The summed E-state index contributed by atoms with van der Waals surface area (Å²) < 4.78 is 17.8. The highest BCUT2D eigenvalue weighted by Gasteiger charge is 2.09. The maximum absolute atomic E-state index is 12.8. The summed E-state index contributed by atoms with van der Waals surface area (Å²) in [4.78, 5) is 24.5. The molecule has 26 heavy (non-hydrogen) atoms. The normalized spacial score (nSPS) is 10.4. The van der Waals surface area contributed by atoms with Crippen LogP contribution < -0.4 is 5.32 Å². The first-order valence-electron chi connectivity index (χ1n) is 8.31. The van der Waals surface area contributed by atoms with Crippen molar-refractivity contribution >= 4 is 23.6 Å². The Kier molecular flexibility index (Phi) is 7.66. The molecule has 6 heteroatoms. The van der Waals surface area contributed by atoms with E-state index in [4.69, 9.17) is 4.74 Å². The van der Waals surface area contributed by atoms with Gasteiger partial charge < -0.3 is 10.1 Å². The third-order valence-electron chi connectivity index (χ3n) is 3.69. The third kappa shape index (κ3) is 6.88. The van der Waals surface area contributed by atoms with Crippen LogP contribution in [0.3, 0.4) is 0 Å². The molecule has 0 radical (unpaired) electrons. The molecule has 4 nitrogen and oxygen atoms in total. The number of hydrogen-bond acceptors (Lipinski definition) is 4. The average Bonchev–Trinajstić information content (AvgIpc) is 2.61. The van der Waals surface area contributed by atoms with Gasteiger partial charge in [-0.2, -0.15) is 0 Å². The predicted molar refractivity (Wildman–Crippen MR) is 101 cm³/mol. The predicted octanol–water partition coefficient (Wildman–Crippen LogP) is 3.44. The Morgan fingerprint density at radius 1 is 1.12 bits per heavy atom. The second-order valence-corrected chi connectivity index (χ2v) is 6.96. The van der Waals surface area contributed by atoms with E-state index in [1.807, 2.05) is 26.0 Å². The molecular weight excluding hydrogens is 353 g/mol. The minimum absolute atomic E-state index is 0.159. The molecule has 0 aliphatic rings. The van der Waals surface area contributed by atoms with Crippen LogP contribution in [0.25, 0.3) is 0 Å². The summed E-state index contributed by atoms with van der Waals surface area (Å²) in [6.45, 7) is 4.12. The summed E-state index contributed by atoms with van der Waals surface area (Å²) in [6.07, 6.45) is 0.586. The number of thioether (sulfide) groups is 1. The van der Waals surface area contributed by atoms with E-state index in [-0.39, 0.29) is 24.1 Å². The fraction of sp³-hybridized carbons (Fsp3) is 0.300. The van der Waals surface area contributed by atoms with Gasteiger partial charge in [-0.15, -0.1) is 11.8 Å². The second kappa shape index (κ2) is 9.97. The summed E-state index contributed by atoms with van der Waals surface area (Å²) in [7, 11) is 0. The van der Waals surface area contributed by atoms with Crippen LogP contribution in [0.2, 0.25) is 0 Å². The quantitative estimate of drug-likeness (QED) is 0.567. The van der Waals surface area contributed by atoms with Crippen molar-refractivity contribution in [3.8, 4) is 0 Å². The largest absolute Gasteiger partial charge is 0.455 e. The Labute approximate surface area is 157 Å². The van der Waals surface area contributed by atoms with Gasteiger partial charge in [0.1, 0.15) is 5.82 Å². The topological polar surface area (TPSA) is 55.4 Å². The van der Waals surface area contributed by atoms with Gasteiger partial charge in [-0.25, -0.2) is 4.39 Å². The highest BCUT2D eigenvalue weighted by Crippen LogP contribution is 2.23. The van der Waals surface area contributed by atoms with Crippen LogP contribution >= 0.6 is 11.8 Å². The van der Waals surface area contributed by atoms with Gasteiger partial charge in [0.15, 0.2) is 6.61 Å². The highest BCUT2D eigenvalue weighted by atomic mass is 32.2. The van der Waals surface area contributed by atoms with Crippen LogP contribution in [0.1, 0.15) is 16.7 Å². The SMILES string of the molecule is Cc1ccc(SCC(=O)OCC(=O)NCCc2ccc(F)cc2)c(C)c1. The standard InChI is InChI=1S/C20H22FNO3S/c1-14-3-8-18(15(2)11-14)26-13-20(24)25-12-19(23)22-10-9-16-4-6-17(21)7-5-16/h3-8,11H,9-10,12-13H2,1-2H3,(H,22,23). The van der Waals surface area contributed by atoms with E-state index < -0.39 is 5.97 Å². The Balaban J connectivity index is 1.63. The molecular formula is C20H22FNO3S. The molecule has 0 heterocycles. The van der Waals surface area contributed by atoms with Crippen molar-refractivity contribution in [2.75, 3.05) is 18.9 Å². The van der Waals surface area contributed by atoms with Crippen LogP contribution in [0.4, 0.5) is 4.39 Å². The van der Waals surface area contributed by atoms with Gasteiger partial charge in [-0.3, -0.25) is 9.59 Å². The fourth-order valence-electron chi connectivity index (χ4n) is 2.33. The summed E-state index contributed by atoms with van der Waals surface area (Å²) >= 11 is 1.39. The summed E-state index contributed by atoms with van der Waals surface area (Å²) in [5.41, 5.74) is 3.21. The first kappa shape index (κ1) is 20.0. The first-order chi connectivity index (χ1) is 12.4. The number of carbonyl (C=O) groups is 2. The van der Waals surface area contributed by atoms with E-state index in [0.29, 0.717) is 13.0 Å². The van der Waals surface area contributed by atoms with Crippen molar-refractivity contribution in [3.05, 3.63) is 65.0 Å². The number of benzene rings is 2. The number of amides is 1. The molecule has 1 N–H and O–H groups in total. The zero-order valence-electron chi connectivity index (χ0n) is 14.9. The highest BCUT2D eigenvalue weighted by molar-refractivity contribution is 8.00. The van der Waals surface area contributed by atoms with Gasteiger partial charge in [0.2, 0.25) is 0 Å². The summed E-state index contributed by atoms with van der Waals surface area (Å²) in [5.74, 6) is -0.906. The molecule has 0 saturated heterocycles. The van der Waals surface area contributed by atoms with Gasteiger partial charge >= 0.3 is 5.97 Å². The lowest BCUT2D eigenvalue weighted by molar-refractivity contribution is -0.145. The minimum Gasteiger partial charge on any atom is -0.455 e. The minimum atomic E-state index is -0.427. The van der Waals surface area contributed by atoms with Crippen LogP contribution in [0.5, 0.6) is 0 Å². The van der Waals surface area contributed by atoms with Crippen LogP contribution in [0, 0.1) is 19.7 Å². The lowest BCUT2D eigenvalue weighted by Gasteiger charge is -2.08. The maximum Gasteiger partial charge on any atom is 0.316 e. The number of ether oxygens (including phenoxy) is 1. The molecule has 0 spiro atoms. The fourth-order valence-corrected chi connectivity index (χ4v) is 3.14. The van der Waals surface area contributed by atoms with E-state index in [0.717, 1.165) is 16.0 Å². The van der Waals surface area contributed by atoms with E-state index in [1.165, 1.54) is 29.5 Å². The Bertz CT molecular complexity index is 762. The third-order valence-corrected chi connectivity index (χ3v) is 4.84. The molecule has 0 aromatic heterocycles. The molecule has 2 rings (SSSR count). The molecule has 0 saturated carbocycles. The number of aryl methyl sites for hydroxylation is 2. The number of halogens is 1. The summed E-state index contributed by atoms with van der Waals surface area (Å²) in [6, 6.07) is 12.1. The summed E-state index contributed by atoms with van der Waals surface area (Å²) in [5, 5.41) is 2.67. The molecule has 2 aromatic rings. The Morgan fingerprint density at radius 3 is 2.54 bits per heavy atom. The number of nitrogens with one attached hydrogen (secondary N) is 1. The van der Waals surface area contributed by atoms with Gasteiger partial charge in [-0.1, -0.05) is 29.8 Å².